The lowest BCUT2D eigenvalue weighted by atomic mass is 9.95. The molecule has 1 fully saturated rings. The van der Waals surface area contributed by atoms with E-state index < -0.39 is 17.7 Å². The monoisotopic (exact) mass is 515 g/mol. The highest BCUT2D eigenvalue weighted by Crippen LogP contribution is 2.41. The standard InChI is InChI=1S/C31H33NO6/c1-5-37-25-10-6-8-21(16-25)18-32-28(22-12-14-24(36-4)15-13-22)27(30(34)31(32)35)29(33)23-9-7-11-26(17-23)38-19-20(2)3/h6-17,20,28,33H,5,18-19H2,1-4H3/b29-27-. The Bertz CT molecular complexity index is 1330. The van der Waals surface area contributed by atoms with Crippen LogP contribution in [0.25, 0.3) is 5.76 Å². The smallest absolute Gasteiger partial charge is 0.295 e. The number of ether oxygens (including phenoxy) is 3. The lowest BCUT2D eigenvalue weighted by Crippen LogP contribution is -2.29. The zero-order chi connectivity index (χ0) is 27.2. The molecule has 0 saturated carbocycles. The molecule has 7 nitrogen and oxygen atoms in total. The number of benzene rings is 3. The molecule has 1 unspecified atom stereocenters. The van der Waals surface area contributed by atoms with E-state index >= 15 is 0 Å². The molecular formula is C31H33NO6. The van der Waals surface area contributed by atoms with Gasteiger partial charge < -0.3 is 24.2 Å². The molecule has 7 heteroatoms. The van der Waals surface area contributed by atoms with Crippen molar-refractivity contribution in [3.8, 4) is 17.2 Å². The summed E-state index contributed by atoms with van der Waals surface area (Å²) >= 11 is 0. The Hall–Kier alpha value is -4.26. The molecule has 198 valence electrons. The van der Waals surface area contributed by atoms with Crippen molar-refractivity contribution in [2.24, 2.45) is 5.92 Å². The van der Waals surface area contributed by atoms with Gasteiger partial charge in [-0.1, -0.05) is 50.2 Å². The molecule has 1 atom stereocenters. The van der Waals surface area contributed by atoms with Crippen molar-refractivity contribution in [2.75, 3.05) is 20.3 Å². The number of carbonyl (C=O) groups excluding carboxylic acids is 2. The summed E-state index contributed by atoms with van der Waals surface area (Å²) in [6, 6.07) is 20.7. The van der Waals surface area contributed by atoms with E-state index in [-0.39, 0.29) is 17.9 Å². The molecule has 38 heavy (non-hydrogen) atoms. The second-order valence-electron chi connectivity index (χ2n) is 9.51. The Kier molecular flexibility index (Phi) is 8.36. The van der Waals surface area contributed by atoms with Crippen molar-refractivity contribution >= 4 is 17.4 Å². The van der Waals surface area contributed by atoms with Crippen LogP contribution in [0.15, 0.2) is 78.4 Å². The van der Waals surface area contributed by atoms with Crippen LogP contribution in [0.3, 0.4) is 0 Å². The first kappa shape index (κ1) is 26.8. The van der Waals surface area contributed by atoms with Crippen molar-refractivity contribution < 1.29 is 28.9 Å². The van der Waals surface area contributed by atoms with Gasteiger partial charge in [0.05, 0.1) is 31.9 Å². The average Bonchev–Trinajstić information content (AvgIpc) is 3.17. The second kappa shape index (κ2) is 11.9. The van der Waals surface area contributed by atoms with Crippen LogP contribution in [0, 0.1) is 5.92 Å². The Balaban J connectivity index is 1.78. The largest absolute Gasteiger partial charge is 0.507 e. The van der Waals surface area contributed by atoms with Crippen LogP contribution < -0.4 is 14.2 Å². The number of hydrogen-bond donors (Lipinski definition) is 1. The van der Waals surface area contributed by atoms with Crippen molar-refractivity contribution in [2.45, 2.75) is 33.4 Å². The quantitative estimate of drug-likeness (QED) is 0.210. The number of amides is 1. The average molecular weight is 516 g/mol. The lowest BCUT2D eigenvalue weighted by Gasteiger charge is -2.26. The van der Waals surface area contributed by atoms with Crippen molar-refractivity contribution in [3.63, 3.8) is 0 Å². The summed E-state index contributed by atoms with van der Waals surface area (Å²) in [4.78, 5) is 28.3. The number of carbonyl (C=O) groups is 2. The molecule has 1 amide bonds. The van der Waals surface area contributed by atoms with E-state index in [0.717, 1.165) is 5.56 Å². The molecule has 4 rings (SSSR count). The number of hydrogen-bond acceptors (Lipinski definition) is 6. The number of likely N-dealkylation sites (tertiary alicyclic amines) is 1. The van der Waals surface area contributed by atoms with Crippen molar-refractivity contribution in [3.05, 3.63) is 95.1 Å². The van der Waals surface area contributed by atoms with E-state index in [9.17, 15) is 14.7 Å². The minimum atomic E-state index is -0.795. The summed E-state index contributed by atoms with van der Waals surface area (Å²) in [5.41, 5.74) is 1.92. The zero-order valence-electron chi connectivity index (χ0n) is 22.1. The Morgan fingerprint density at radius 2 is 1.61 bits per heavy atom. The van der Waals surface area contributed by atoms with E-state index in [2.05, 4.69) is 0 Å². The van der Waals surface area contributed by atoms with Gasteiger partial charge in [0.15, 0.2) is 0 Å². The van der Waals surface area contributed by atoms with Gasteiger partial charge in [0, 0.05) is 12.1 Å². The van der Waals surface area contributed by atoms with Gasteiger partial charge in [-0.05, 0) is 60.4 Å². The molecule has 3 aromatic carbocycles. The number of Topliss-reactive ketones (excluding diaryl/α,β-unsaturated/α-hetero) is 1. The molecule has 0 radical (unpaired) electrons. The fourth-order valence-corrected chi connectivity index (χ4v) is 4.42. The Morgan fingerprint density at radius 3 is 2.26 bits per heavy atom. The maximum Gasteiger partial charge on any atom is 0.295 e. The number of nitrogens with zero attached hydrogens (tertiary/aromatic N) is 1. The van der Waals surface area contributed by atoms with Crippen LogP contribution in [-0.4, -0.2) is 42.0 Å². The number of methoxy groups -OCH3 is 1. The van der Waals surface area contributed by atoms with Crippen LogP contribution in [0.4, 0.5) is 0 Å². The third-order valence-electron chi connectivity index (χ3n) is 6.22. The van der Waals surface area contributed by atoms with E-state index in [1.165, 1.54) is 4.90 Å². The minimum Gasteiger partial charge on any atom is -0.507 e. The molecule has 0 aromatic heterocycles. The van der Waals surface area contributed by atoms with E-state index in [0.29, 0.717) is 47.5 Å². The summed E-state index contributed by atoms with van der Waals surface area (Å²) in [6.07, 6.45) is 0. The summed E-state index contributed by atoms with van der Waals surface area (Å²) in [7, 11) is 1.57. The van der Waals surface area contributed by atoms with E-state index in [1.54, 1.807) is 55.6 Å². The predicted octanol–water partition coefficient (Wildman–Crippen LogP) is 5.75. The molecule has 3 aromatic rings. The van der Waals surface area contributed by atoms with Crippen LogP contribution in [0.1, 0.15) is 43.5 Å². The highest BCUT2D eigenvalue weighted by atomic mass is 16.5. The molecule has 1 aliphatic heterocycles. The number of ketones is 1. The molecule has 0 aliphatic carbocycles. The highest BCUT2D eigenvalue weighted by molar-refractivity contribution is 6.46. The fraction of sp³-hybridized carbons (Fsp3) is 0.290. The molecule has 0 bridgehead atoms. The Morgan fingerprint density at radius 1 is 0.921 bits per heavy atom. The summed E-state index contributed by atoms with van der Waals surface area (Å²) in [5, 5.41) is 11.4. The van der Waals surface area contributed by atoms with E-state index in [1.807, 2.05) is 45.0 Å². The SMILES string of the molecule is CCOc1cccc(CN2C(=O)C(=O)/C(=C(\O)c3cccc(OCC(C)C)c3)C2c2ccc(OC)cc2)c1. The molecule has 1 aliphatic rings. The molecule has 1 N–H and O–H groups in total. The summed E-state index contributed by atoms with van der Waals surface area (Å²) in [6.45, 7) is 7.18. The normalized spacial score (nSPS) is 16.7. The molecule has 0 spiro atoms. The number of aliphatic hydroxyl groups is 1. The van der Waals surface area contributed by atoms with Gasteiger partial charge in [-0.25, -0.2) is 0 Å². The van der Waals surface area contributed by atoms with Gasteiger partial charge in [-0.3, -0.25) is 9.59 Å². The van der Waals surface area contributed by atoms with Crippen molar-refractivity contribution in [1.82, 2.24) is 4.90 Å². The van der Waals surface area contributed by atoms with E-state index in [4.69, 9.17) is 14.2 Å². The van der Waals surface area contributed by atoms with Crippen LogP contribution in [-0.2, 0) is 16.1 Å². The van der Waals surface area contributed by atoms with Gasteiger partial charge >= 0.3 is 0 Å². The maximum atomic E-state index is 13.4. The van der Waals surface area contributed by atoms with Gasteiger partial charge in [-0.2, -0.15) is 0 Å². The van der Waals surface area contributed by atoms with Crippen LogP contribution >= 0.6 is 0 Å². The van der Waals surface area contributed by atoms with Gasteiger partial charge in [0.25, 0.3) is 11.7 Å². The molecule has 1 saturated heterocycles. The predicted molar refractivity (Wildman–Crippen MR) is 145 cm³/mol. The van der Waals surface area contributed by atoms with Crippen molar-refractivity contribution in [1.29, 1.82) is 0 Å². The third kappa shape index (κ3) is 5.83. The first-order valence-corrected chi connectivity index (χ1v) is 12.7. The van der Waals surface area contributed by atoms with Crippen LogP contribution in [0.5, 0.6) is 17.2 Å². The Labute approximate surface area is 223 Å². The first-order chi connectivity index (χ1) is 18.3. The lowest BCUT2D eigenvalue weighted by molar-refractivity contribution is -0.140. The van der Waals surface area contributed by atoms with Gasteiger partial charge in [-0.15, -0.1) is 0 Å². The van der Waals surface area contributed by atoms with Gasteiger partial charge in [0.2, 0.25) is 0 Å². The zero-order valence-corrected chi connectivity index (χ0v) is 22.1. The third-order valence-corrected chi connectivity index (χ3v) is 6.22. The second-order valence-corrected chi connectivity index (χ2v) is 9.51. The van der Waals surface area contributed by atoms with Gasteiger partial charge in [0.1, 0.15) is 23.0 Å². The minimum absolute atomic E-state index is 0.0298. The fourth-order valence-electron chi connectivity index (χ4n) is 4.42. The highest BCUT2D eigenvalue weighted by Gasteiger charge is 2.46. The summed E-state index contributed by atoms with van der Waals surface area (Å²) < 4.78 is 16.7. The number of rotatable bonds is 10. The topological polar surface area (TPSA) is 85.3 Å². The summed E-state index contributed by atoms with van der Waals surface area (Å²) in [5.74, 6) is 0.564. The maximum absolute atomic E-state index is 13.4. The first-order valence-electron chi connectivity index (χ1n) is 12.7. The van der Waals surface area contributed by atoms with Crippen LogP contribution in [0.2, 0.25) is 0 Å². The molecular weight excluding hydrogens is 482 g/mol. The number of aliphatic hydroxyl groups excluding tert-OH is 1. The molecule has 1 heterocycles.